The van der Waals surface area contributed by atoms with Gasteiger partial charge in [0.05, 0.1) is 22.5 Å². The first kappa shape index (κ1) is 22.5. The zero-order chi connectivity index (χ0) is 23.2. The fourth-order valence-electron chi connectivity index (χ4n) is 4.37. The third-order valence-electron chi connectivity index (χ3n) is 5.85. The monoisotopic (exact) mass is 479 g/mol. The standard InChI is InChI=1S/C22H23ClFN3O4S/c1-14-11-16-12-15(3-6-20(16)27(14)32(2,30)31)21(28)25-7-9-26(10-8-25)22(29)18-5-4-17(24)13-19(18)23/h3-6,12-14H,7-11H2,1-2H3. The first-order chi connectivity index (χ1) is 15.1. The lowest BCUT2D eigenvalue weighted by atomic mass is 10.1. The van der Waals surface area contributed by atoms with Gasteiger partial charge in [0.1, 0.15) is 5.82 Å². The van der Waals surface area contributed by atoms with Crippen LogP contribution in [-0.4, -0.2) is 68.5 Å². The molecule has 2 amide bonds. The molecule has 2 aliphatic rings. The minimum absolute atomic E-state index is 0.0593. The average Bonchev–Trinajstić information content (AvgIpc) is 3.08. The van der Waals surface area contributed by atoms with Gasteiger partial charge < -0.3 is 9.80 Å². The quantitative estimate of drug-likeness (QED) is 0.678. The molecule has 2 aromatic rings. The molecule has 1 unspecified atom stereocenters. The summed E-state index contributed by atoms with van der Waals surface area (Å²) in [4.78, 5) is 29.0. The van der Waals surface area contributed by atoms with Gasteiger partial charge in [-0.25, -0.2) is 12.8 Å². The van der Waals surface area contributed by atoms with E-state index in [1.54, 1.807) is 28.0 Å². The van der Waals surface area contributed by atoms with Crippen LogP contribution in [-0.2, 0) is 16.4 Å². The van der Waals surface area contributed by atoms with Crippen molar-refractivity contribution in [1.29, 1.82) is 0 Å². The van der Waals surface area contributed by atoms with E-state index in [1.807, 2.05) is 6.92 Å². The third-order valence-corrected chi connectivity index (χ3v) is 7.44. The Morgan fingerprint density at radius 2 is 1.62 bits per heavy atom. The summed E-state index contributed by atoms with van der Waals surface area (Å²) < 4.78 is 38.8. The number of sulfonamides is 1. The molecule has 0 bridgehead atoms. The number of rotatable bonds is 3. The van der Waals surface area contributed by atoms with E-state index in [2.05, 4.69) is 0 Å². The Kier molecular flexibility index (Phi) is 5.89. The molecule has 2 aliphatic heterocycles. The molecule has 0 saturated carbocycles. The fraction of sp³-hybridized carbons (Fsp3) is 0.364. The molecule has 1 atom stereocenters. The van der Waals surface area contributed by atoms with Gasteiger partial charge in [0.2, 0.25) is 10.0 Å². The second-order valence-corrected chi connectivity index (χ2v) is 10.4. The maximum Gasteiger partial charge on any atom is 0.255 e. The van der Waals surface area contributed by atoms with Crippen molar-refractivity contribution in [3.63, 3.8) is 0 Å². The van der Waals surface area contributed by atoms with Gasteiger partial charge in [-0.15, -0.1) is 0 Å². The summed E-state index contributed by atoms with van der Waals surface area (Å²) in [7, 11) is -3.39. The minimum atomic E-state index is -3.39. The molecular weight excluding hydrogens is 457 g/mol. The van der Waals surface area contributed by atoms with Crippen LogP contribution in [0.1, 0.15) is 33.2 Å². The predicted octanol–water partition coefficient (Wildman–Crippen LogP) is 2.79. The number of fused-ring (bicyclic) bond motifs is 1. The number of anilines is 1. The highest BCUT2D eigenvalue weighted by molar-refractivity contribution is 7.92. The molecule has 0 N–H and O–H groups in total. The maximum atomic E-state index is 13.3. The Morgan fingerprint density at radius 1 is 1.00 bits per heavy atom. The van der Waals surface area contributed by atoms with E-state index in [1.165, 1.54) is 22.7 Å². The van der Waals surface area contributed by atoms with E-state index < -0.39 is 15.8 Å². The third kappa shape index (κ3) is 4.19. The lowest BCUT2D eigenvalue weighted by Crippen LogP contribution is -2.50. The van der Waals surface area contributed by atoms with Crippen LogP contribution in [0.2, 0.25) is 5.02 Å². The number of hydrogen-bond donors (Lipinski definition) is 0. The van der Waals surface area contributed by atoms with E-state index in [4.69, 9.17) is 11.6 Å². The summed E-state index contributed by atoms with van der Waals surface area (Å²) >= 11 is 6.00. The van der Waals surface area contributed by atoms with Crippen molar-refractivity contribution in [2.75, 3.05) is 36.7 Å². The fourth-order valence-corrected chi connectivity index (χ4v) is 5.88. The van der Waals surface area contributed by atoms with Crippen LogP contribution in [0.3, 0.4) is 0 Å². The Labute approximate surface area is 191 Å². The van der Waals surface area contributed by atoms with Gasteiger partial charge in [-0.2, -0.15) is 0 Å². The largest absolute Gasteiger partial charge is 0.335 e. The molecular formula is C22H23ClFN3O4S. The molecule has 0 spiro atoms. The van der Waals surface area contributed by atoms with Crippen LogP contribution in [0.4, 0.5) is 10.1 Å². The van der Waals surface area contributed by atoms with Crippen LogP contribution in [0.5, 0.6) is 0 Å². The summed E-state index contributed by atoms with van der Waals surface area (Å²) in [5.41, 5.74) is 2.17. The van der Waals surface area contributed by atoms with Gasteiger partial charge in [-0.1, -0.05) is 11.6 Å². The van der Waals surface area contributed by atoms with Crippen molar-refractivity contribution < 1.29 is 22.4 Å². The van der Waals surface area contributed by atoms with Crippen LogP contribution < -0.4 is 4.31 Å². The molecule has 0 radical (unpaired) electrons. The van der Waals surface area contributed by atoms with Gasteiger partial charge in [-0.05, 0) is 55.3 Å². The first-order valence-corrected chi connectivity index (χ1v) is 12.4. The second-order valence-electron chi connectivity index (χ2n) is 8.16. The molecule has 10 heteroatoms. The van der Waals surface area contributed by atoms with Crippen molar-refractivity contribution >= 4 is 39.1 Å². The number of halogens is 2. The number of amides is 2. The average molecular weight is 480 g/mol. The highest BCUT2D eigenvalue weighted by Crippen LogP contribution is 2.35. The number of carbonyl (C=O) groups is 2. The molecule has 1 fully saturated rings. The van der Waals surface area contributed by atoms with Crippen molar-refractivity contribution in [3.05, 3.63) is 63.9 Å². The van der Waals surface area contributed by atoms with E-state index in [-0.39, 0.29) is 28.4 Å². The van der Waals surface area contributed by atoms with Crippen LogP contribution >= 0.6 is 11.6 Å². The summed E-state index contributed by atoms with van der Waals surface area (Å²) in [6.45, 7) is 3.22. The summed E-state index contributed by atoms with van der Waals surface area (Å²) in [5, 5.41) is 0.0593. The van der Waals surface area contributed by atoms with E-state index in [9.17, 15) is 22.4 Å². The summed E-state index contributed by atoms with van der Waals surface area (Å²) in [6.07, 6.45) is 1.72. The molecule has 7 nitrogen and oxygen atoms in total. The maximum absolute atomic E-state index is 13.3. The predicted molar refractivity (Wildman–Crippen MR) is 120 cm³/mol. The first-order valence-electron chi connectivity index (χ1n) is 10.2. The van der Waals surface area contributed by atoms with Gasteiger partial charge in [0, 0.05) is 37.8 Å². The molecule has 1 saturated heterocycles. The van der Waals surface area contributed by atoms with Gasteiger partial charge in [0.25, 0.3) is 11.8 Å². The van der Waals surface area contributed by atoms with E-state index >= 15 is 0 Å². The number of benzene rings is 2. The molecule has 4 rings (SSSR count). The van der Waals surface area contributed by atoms with Crippen LogP contribution in [0.15, 0.2) is 36.4 Å². The normalized spacial score (nSPS) is 18.6. The topological polar surface area (TPSA) is 78.0 Å². The molecule has 2 heterocycles. The summed E-state index contributed by atoms with van der Waals surface area (Å²) in [6, 6.07) is 8.56. The highest BCUT2D eigenvalue weighted by Gasteiger charge is 2.33. The van der Waals surface area contributed by atoms with Gasteiger partial charge >= 0.3 is 0 Å². The number of carbonyl (C=O) groups excluding carboxylic acids is 2. The van der Waals surface area contributed by atoms with Crippen molar-refractivity contribution in [2.45, 2.75) is 19.4 Å². The van der Waals surface area contributed by atoms with E-state index in [0.717, 1.165) is 11.6 Å². The minimum Gasteiger partial charge on any atom is -0.335 e. The van der Waals surface area contributed by atoms with E-state index in [0.29, 0.717) is 43.9 Å². The molecule has 170 valence electrons. The molecule has 0 aromatic heterocycles. The Morgan fingerprint density at radius 3 is 2.22 bits per heavy atom. The highest BCUT2D eigenvalue weighted by atomic mass is 35.5. The van der Waals surface area contributed by atoms with Crippen molar-refractivity contribution in [1.82, 2.24) is 9.80 Å². The SMILES string of the molecule is CC1Cc2cc(C(=O)N3CCN(C(=O)c4ccc(F)cc4Cl)CC3)ccc2N1S(C)(=O)=O. The second kappa shape index (κ2) is 8.37. The van der Waals surface area contributed by atoms with Gasteiger partial charge in [-0.3, -0.25) is 13.9 Å². The number of nitrogens with zero attached hydrogens (tertiary/aromatic N) is 3. The Hall–Kier alpha value is -2.65. The zero-order valence-electron chi connectivity index (χ0n) is 17.7. The van der Waals surface area contributed by atoms with Crippen molar-refractivity contribution in [2.24, 2.45) is 0 Å². The number of piperazine rings is 1. The number of hydrogen-bond acceptors (Lipinski definition) is 4. The van der Waals surface area contributed by atoms with Crippen LogP contribution in [0, 0.1) is 5.82 Å². The molecule has 2 aromatic carbocycles. The van der Waals surface area contributed by atoms with Gasteiger partial charge in [0.15, 0.2) is 0 Å². The lowest BCUT2D eigenvalue weighted by molar-refractivity contribution is 0.0535. The van der Waals surface area contributed by atoms with Crippen LogP contribution in [0.25, 0.3) is 0 Å². The Balaban J connectivity index is 1.44. The van der Waals surface area contributed by atoms with Crippen molar-refractivity contribution in [3.8, 4) is 0 Å². The molecule has 32 heavy (non-hydrogen) atoms. The molecule has 0 aliphatic carbocycles. The Bertz CT molecular complexity index is 1200. The lowest BCUT2D eigenvalue weighted by Gasteiger charge is -2.35. The zero-order valence-corrected chi connectivity index (χ0v) is 19.3. The summed E-state index contributed by atoms with van der Waals surface area (Å²) in [5.74, 6) is -0.968. The smallest absolute Gasteiger partial charge is 0.255 e.